The Morgan fingerprint density at radius 1 is 0.523 bits per heavy atom. The van der Waals surface area contributed by atoms with Gasteiger partial charge in [-0.1, -0.05) is 105 Å². The van der Waals surface area contributed by atoms with Crippen LogP contribution in [0, 0.1) is 0 Å². The molecule has 44 heavy (non-hydrogen) atoms. The Bertz CT molecular complexity index is 1800. The van der Waals surface area contributed by atoms with Crippen LogP contribution in [0.3, 0.4) is 0 Å². The first-order valence-electron chi connectivity index (χ1n) is 15.7. The highest BCUT2D eigenvalue weighted by atomic mass is 14.8. The summed E-state index contributed by atoms with van der Waals surface area (Å²) in [6.07, 6.45) is 5.85. The molecule has 8 bridgehead atoms. The number of aromatic nitrogens is 3. The second-order valence-corrected chi connectivity index (χ2v) is 12.4. The second kappa shape index (κ2) is 11.7. The summed E-state index contributed by atoms with van der Waals surface area (Å²) in [6.45, 7) is 4.60. The van der Waals surface area contributed by atoms with Crippen molar-refractivity contribution < 1.29 is 0 Å². The molecule has 0 saturated carbocycles. The average Bonchev–Trinajstić information content (AvgIpc) is 3.09. The molecule has 1 aliphatic heterocycles. The average molecular weight is 572 g/mol. The molecule has 3 nitrogen and oxygen atoms in total. The molecular formula is C41H37N3. The Morgan fingerprint density at radius 3 is 1.68 bits per heavy atom. The SMILES string of the molecule is CC1(C)c2cccc(c2)-c2cccc(n2)C(CCCCc2ccccc2)(c2ccccn2)c2cccc(n2)-c2cccc1c2. The maximum absolute atomic E-state index is 5.45. The molecule has 0 N–H and O–H groups in total. The molecule has 0 amide bonds. The monoisotopic (exact) mass is 571 g/mol. The van der Waals surface area contributed by atoms with Crippen LogP contribution in [0.25, 0.3) is 22.5 Å². The summed E-state index contributed by atoms with van der Waals surface area (Å²) in [5.41, 5.74) is 10.2. The normalized spacial score (nSPS) is 14.4. The minimum absolute atomic E-state index is 0.193. The van der Waals surface area contributed by atoms with Gasteiger partial charge in [0.05, 0.1) is 33.9 Å². The number of rotatable bonds is 6. The summed E-state index contributed by atoms with van der Waals surface area (Å²) in [5.74, 6) is 0. The van der Waals surface area contributed by atoms with Crippen molar-refractivity contribution in [1.29, 1.82) is 0 Å². The Balaban J connectivity index is 1.45. The summed E-state index contributed by atoms with van der Waals surface area (Å²) in [4.78, 5) is 15.9. The molecular weight excluding hydrogens is 534 g/mol. The van der Waals surface area contributed by atoms with Gasteiger partial charge in [-0.25, -0.2) is 0 Å². The zero-order valence-corrected chi connectivity index (χ0v) is 25.4. The number of hydrogen-bond acceptors (Lipinski definition) is 3. The summed E-state index contributed by atoms with van der Waals surface area (Å²) in [5, 5.41) is 0. The van der Waals surface area contributed by atoms with E-state index in [9.17, 15) is 0 Å². The van der Waals surface area contributed by atoms with E-state index < -0.39 is 5.41 Å². The molecule has 4 heterocycles. The summed E-state index contributed by atoms with van der Waals surface area (Å²) in [6, 6.07) is 47.6. The van der Waals surface area contributed by atoms with Crippen LogP contribution in [-0.4, -0.2) is 15.0 Å². The topological polar surface area (TPSA) is 38.7 Å². The number of fused-ring (bicyclic) bond motifs is 10. The van der Waals surface area contributed by atoms with Crippen molar-refractivity contribution in [2.24, 2.45) is 0 Å². The molecule has 3 aromatic heterocycles. The maximum Gasteiger partial charge on any atom is 0.0967 e. The van der Waals surface area contributed by atoms with Crippen molar-refractivity contribution in [1.82, 2.24) is 15.0 Å². The highest BCUT2D eigenvalue weighted by Crippen LogP contribution is 2.43. The highest BCUT2D eigenvalue weighted by molar-refractivity contribution is 5.65. The van der Waals surface area contributed by atoms with Gasteiger partial charge < -0.3 is 0 Å². The van der Waals surface area contributed by atoms with Gasteiger partial charge in [0.1, 0.15) is 0 Å². The van der Waals surface area contributed by atoms with E-state index in [0.717, 1.165) is 65.3 Å². The lowest BCUT2D eigenvalue weighted by Crippen LogP contribution is -2.33. The van der Waals surface area contributed by atoms with Crippen LogP contribution < -0.4 is 0 Å². The number of benzene rings is 3. The second-order valence-electron chi connectivity index (χ2n) is 12.4. The Hall–Kier alpha value is -4.89. The molecule has 0 spiro atoms. The van der Waals surface area contributed by atoms with Crippen LogP contribution in [-0.2, 0) is 17.3 Å². The molecule has 3 heteroatoms. The van der Waals surface area contributed by atoms with Crippen molar-refractivity contribution in [3.05, 3.63) is 173 Å². The van der Waals surface area contributed by atoms with Crippen LogP contribution in [0.4, 0.5) is 0 Å². The zero-order valence-electron chi connectivity index (χ0n) is 25.4. The quantitative estimate of drug-likeness (QED) is 0.187. The van der Waals surface area contributed by atoms with Crippen LogP contribution >= 0.6 is 0 Å². The van der Waals surface area contributed by atoms with Crippen LogP contribution in [0.15, 0.2) is 140 Å². The lowest BCUT2D eigenvalue weighted by molar-refractivity contribution is 0.483. The van der Waals surface area contributed by atoms with Gasteiger partial charge in [0, 0.05) is 22.7 Å². The molecule has 0 radical (unpaired) electrons. The minimum Gasteiger partial charge on any atom is -0.260 e. The maximum atomic E-state index is 5.45. The third-order valence-electron chi connectivity index (χ3n) is 9.34. The van der Waals surface area contributed by atoms with E-state index >= 15 is 0 Å². The fourth-order valence-electron chi connectivity index (χ4n) is 6.72. The van der Waals surface area contributed by atoms with Gasteiger partial charge in [-0.2, -0.15) is 0 Å². The molecule has 7 rings (SSSR count). The van der Waals surface area contributed by atoms with Gasteiger partial charge >= 0.3 is 0 Å². The largest absolute Gasteiger partial charge is 0.260 e. The Kier molecular flexibility index (Phi) is 7.39. The lowest BCUT2D eigenvalue weighted by atomic mass is 9.72. The predicted molar refractivity (Wildman–Crippen MR) is 180 cm³/mol. The Morgan fingerprint density at radius 2 is 1.09 bits per heavy atom. The van der Waals surface area contributed by atoms with Gasteiger partial charge in [0.2, 0.25) is 0 Å². The summed E-state index contributed by atoms with van der Waals surface area (Å²) >= 11 is 0. The third-order valence-corrected chi connectivity index (χ3v) is 9.34. The van der Waals surface area contributed by atoms with E-state index in [0.29, 0.717) is 0 Å². The van der Waals surface area contributed by atoms with E-state index in [1.165, 1.54) is 16.7 Å². The van der Waals surface area contributed by atoms with Crippen molar-refractivity contribution in [2.45, 2.75) is 50.4 Å². The molecule has 1 aliphatic rings. The van der Waals surface area contributed by atoms with Crippen LogP contribution in [0.2, 0.25) is 0 Å². The Labute approximate surface area is 260 Å². The molecule has 6 aromatic rings. The van der Waals surface area contributed by atoms with E-state index in [-0.39, 0.29) is 5.41 Å². The molecule has 216 valence electrons. The number of pyridine rings is 3. The van der Waals surface area contributed by atoms with Crippen molar-refractivity contribution in [3.8, 4) is 22.5 Å². The van der Waals surface area contributed by atoms with E-state index in [1.807, 2.05) is 12.3 Å². The first-order chi connectivity index (χ1) is 21.5. The van der Waals surface area contributed by atoms with Gasteiger partial charge in [0.25, 0.3) is 0 Å². The molecule has 0 unspecified atom stereocenters. The van der Waals surface area contributed by atoms with Crippen molar-refractivity contribution in [2.75, 3.05) is 0 Å². The first-order valence-corrected chi connectivity index (χ1v) is 15.7. The zero-order chi connectivity index (χ0) is 30.0. The number of hydrogen-bond donors (Lipinski definition) is 0. The fraction of sp³-hybridized carbons (Fsp3) is 0.195. The number of unbranched alkanes of at least 4 members (excludes halogenated alkanes) is 1. The van der Waals surface area contributed by atoms with Crippen molar-refractivity contribution >= 4 is 0 Å². The molecule has 0 saturated heterocycles. The van der Waals surface area contributed by atoms with Crippen molar-refractivity contribution in [3.63, 3.8) is 0 Å². The standard InChI is InChI=1S/C41H37N3/c1-40(2)33-19-10-17-31(28-33)35-21-12-24-38(43-35)41(37-23-7-9-27-42-37,26-8-6-16-30-14-4-3-5-15-30)39-25-13-22-36(44-39)32-18-11-20-34(40)29-32/h3-5,7,9-15,17-25,27-29H,6,8,16,26H2,1-2H3. The van der Waals surface area contributed by atoms with Gasteiger partial charge in [-0.3, -0.25) is 15.0 Å². The molecule has 0 fully saturated rings. The highest BCUT2D eigenvalue weighted by Gasteiger charge is 2.40. The van der Waals surface area contributed by atoms with Crippen LogP contribution in [0.5, 0.6) is 0 Å². The first kappa shape index (κ1) is 27.9. The minimum atomic E-state index is -0.622. The molecule has 0 aliphatic carbocycles. The van der Waals surface area contributed by atoms with Gasteiger partial charge in [-0.05, 0) is 84.5 Å². The fourth-order valence-corrected chi connectivity index (χ4v) is 6.72. The van der Waals surface area contributed by atoms with Crippen LogP contribution in [0.1, 0.15) is 66.9 Å². The van der Waals surface area contributed by atoms with E-state index in [2.05, 4.69) is 141 Å². The van der Waals surface area contributed by atoms with Gasteiger partial charge in [-0.15, -0.1) is 0 Å². The van der Waals surface area contributed by atoms with E-state index in [1.54, 1.807) is 0 Å². The molecule has 0 atom stereocenters. The number of aryl methyl sites for hydroxylation is 1. The number of nitrogens with zero attached hydrogens (tertiary/aromatic N) is 3. The third kappa shape index (κ3) is 5.13. The summed E-state index contributed by atoms with van der Waals surface area (Å²) in [7, 11) is 0. The summed E-state index contributed by atoms with van der Waals surface area (Å²) < 4.78 is 0. The molecule has 3 aromatic carbocycles. The van der Waals surface area contributed by atoms with Gasteiger partial charge in [0.15, 0.2) is 0 Å². The van der Waals surface area contributed by atoms with E-state index in [4.69, 9.17) is 15.0 Å². The lowest BCUT2D eigenvalue weighted by Gasteiger charge is -2.34. The smallest absolute Gasteiger partial charge is 0.0967 e. The predicted octanol–water partition coefficient (Wildman–Crippen LogP) is 9.59.